The Morgan fingerprint density at radius 2 is 1.70 bits per heavy atom. The quantitative estimate of drug-likeness (QED) is 0.525. The molecule has 6 nitrogen and oxygen atoms in total. The van der Waals surface area contributed by atoms with Gasteiger partial charge >= 0.3 is 0 Å². The smallest absolute Gasteiger partial charge is 0.264 e. The minimum absolute atomic E-state index is 0.148. The molecule has 0 spiro atoms. The first-order valence-electron chi connectivity index (χ1n) is 11.4. The fourth-order valence-electron chi connectivity index (χ4n) is 4.17. The van der Waals surface area contributed by atoms with Crippen LogP contribution in [0.5, 0.6) is 0 Å². The second kappa shape index (κ2) is 11.6. The molecule has 1 fully saturated rings. The molecule has 0 aliphatic carbocycles. The molecule has 1 unspecified atom stereocenters. The number of sulfonamides is 1. The topological polar surface area (TPSA) is 69.7 Å². The number of rotatable bonds is 10. The lowest BCUT2D eigenvalue weighted by Crippen LogP contribution is -2.43. The lowest BCUT2D eigenvalue weighted by molar-refractivity contribution is -0.119. The molecule has 1 aliphatic rings. The van der Waals surface area contributed by atoms with Gasteiger partial charge in [0.15, 0.2) is 0 Å². The standard InChI is InChI=1S/C24H31F2N3O3S/c1-2-21-6-3-4-16-28(21)17-5-15-27-24(30)18-29(22-11-7-19(25)8-12-22)33(31,32)23-13-9-20(26)10-14-23/h7-14,21H,2-6,15-18H2,1H3,(H,27,30). The van der Waals surface area contributed by atoms with Crippen molar-refractivity contribution in [2.24, 2.45) is 0 Å². The van der Waals surface area contributed by atoms with Crippen LogP contribution in [0.1, 0.15) is 39.0 Å². The summed E-state index contributed by atoms with van der Waals surface area (Å²) in [4.78, 5) is 14.9. The molecule has 0 radical (unpaired) electrons. The number of carbonyl (C=O) groups excluding carboxylic acids is 1. The van der Waals surface area contributed by atoms with Crippen LogP contribution < -0.4 is 9.62 Å². The molecule has 9 heteroatoms. The van der Waals surface area contributed by atoms with Gasteiger partial charge in [-0.05, 0) is 80.8 Å². The van der Waals surface area contributed by atoms with Crippen LogP contribution in [0, 0.1) is 11.6 Å². The van der Waals surface area contributed by atoms with Gasteiger partial charge in [0.2, 0.25) is 5.91 Å². The van der Waals surface area contributed by atoms with Crippen molar-refractivity contribution in [3.05, 3.63) is 60.2 Å². The van der Waals surface area contributed by atoms with Crippen molar-refractivity contribution >= 4 is 21.6 Å². The predicted molar refractivity (Wildman–Crippen MR) is 124 cm³/mol. The number of piperidine rings is 1. The van der Waals surface area contributed by atoms with Crippen LogP contribution in [0.2, 0.25) is 0 Å². The number of amides is 1. The summed E-state index contributed by atoms with van der Waals surface area (Å²) in [5.74, 6) is -1.56. The third-order valence-electron chi connectivity index (χ3n) is 5.97. The largest absolute Gasteiger partial charge is 0.354 e. The summed E-state index contributed by atoms with van der Waals surface area (Å²) in [6, 6.07) is 9.80. The average molecular weight is 480 g/mol. The molecule has 180 valence electrons. The summed E-state index contributed by atoms with van der Waals surface area (Å²) < 4.78 is 54.0. The normalized spacial score (nSPS) is 17.0. The van der Waals surface area contributed by atoms with Gasteiger partial charge in [-0.3, -0.25) is 9.10 Å². The maximum atomic E-state index is 13.4. The second-order valence-corrected chi connectivity index (χ2v) is 10.1. The van der Waals surface area contributed by atoms with E-state index in [9.17, 15) is 22.0 Å². The third kappa shape index (κ3) is 6.74. The number of hydrogen-bond donors (Lipinski definition) is 1. The van der Waals surface area contributed by atoms with Crippen LogP contribution in [-0.2, 0) is 14.8 Å². The van der Waals surface area contributed by atoms with Crippen molar-refractivity contribution in [1.29, 1.82) is 0 Å². The second-order valence-electron chi connectivity index (χ2n) is 8.24. The highest BCUT2D eigenvalue weighted by molar-refractivity contribution is 7.92. The van der Waals surface area contributed by atoms with Gasteiger partial charge in [-0.1, -0.05) is 13.3 Å². The number of carbonyl (C=O) groups is 1. The first kappa shape index (κ1) is 25.1. The van der Waals surface area contributed by atoms with E-state index in [1.807, 2.05) is 0 Å². The number of halogens is 2. The van der Waals surface area contributed by atoms with E-state index in [0.29, 0.717) is 12.6 Å². The van der Waals surface area contributed by atoms with Gasteiger partial charge in [-0.2, -0.15) is 0 Å². The van der Waals surface area contributed by atoms with Gasteiger partial charge in [0.05, 0.1) is 10.6 Å². The van der Waals surface area contributed by atoms with E-state index >= 15 is 0 Å². The molecular weight excluding hydrogens is 448 g/mol. The Hall–Kier alpha value is -2.52. The van der Waals surface area contributed by atoms with Crippen LogP contribution in [0.3, 0.4) is 0 Å². The number of nitrogens with one attached hydrogen (secondary N) is 1. The van der Waals surface area contributed by atoms with Gasteiger partial charge in [0, 0.05) is 19.1 Å². The molecule has 1 atom stereocenters. The summed E-state index contributed by atoms with van der Waals surface area (Å²) in [6.07, 6.45) is 5.53. The fourth-order valence-corrected chi connectivity index (χ4v) is 5.59. The Bertz CT molecular complexity index is 1010. The van der Waals surface area contributed by atoms with Crippen LogP contribution >= 0.6 is 0 Å². The average Bonchev–Trinajstić information content (AvgIpc) is 2.81. The molecule has 1 aliphatic heterocycles. The van der Waals surface area contributed by atoms with Crippen molar-refractivity contribution < 1.29 is 22.0 Å². The van der Waals surface area contributed by atoms with Gasteiger partial charge in [0.25, 0.3) is 10.0 Å². The molecule has 2 aromatic carbocycles. The number of hydrogen-bond acceptors (Lipinski definition) is 4. The highest BCUT2D eigenvalue weighted by Crippen LogP contribution is 2.24. The lowest BCUT2D eigenvalue weighted by Gasteiger charge is -2.35. The van der Waals surface area contributed by atoms with Gasteiger partial charge in [-0.25, -0.2) is 17.2 Å². The molecule has 1 heterocycles. The van der Waals surface area contributed by atoms with Crippen molar-refractivity contribution in [3.8, 4) is 0 Å². The van der Waals surface area contributed by atoms with E-state index in [2.05, 4.69) is 17.1 Å². The summed E-state index contributed by atoms with van der Waals surface area (Å²) in [6.45, 7) is 4.11. The van der Waals surface area contributed by atoms with E-state index < -0.39 is 34.1 Å². The van der Waals surface area contributed by atoms with Crippen molar-refractivity contribution in [2.45, 2.75) is 50.0 Å². The molecule has 0 saturated carbocycles. The summed E-state index contributed by atoms with van der Waals surface area (Å²) in [5.41, 5.74) is 0.148. The number of nitrogens with zero attached hydrogens (tertiary/aromatic N) is 2. The van der Waals surface area contributed by atoms with Gasteiger partial charge in [0.1, 0.15) is 18.2 Å². The third-order valence-corrected chi connectivity index (χ3v) is 7.76. The Morgan fingerprint density at radius 3 is 2.33 bits per heavy atom. The number of likely N-dealkylation sites (tertiary alicyclic amines) is 1. The lowest BCUT2D eigenvalue weighted by atomic mass is 10.00. The highest BCUT2D eigenvalue weighted by Gasteiger charge is 2.27. The Balaban J connectivity index is 1.65. The van der Waals surface area contributed by atoms with E-state index in [0.717, 1.165) is 66.6 Å². The maximum absolute atomic E-state index is 13.4. The number of anilines is 1. The minimum atomic E-state index is -4.16. The summed E-state index contributed by atoms with van der Waals surface area (Å²) >= 11 is 0. The van der Waals surface area contributed by atoms with Crippen molar-refractivity contribution in [3.63, 3.8) is 0 Å². The molecule has 0 aromatic heterocycles. The number of benzene rings is 2. The first-order valence-corrected chi connectivity index (χ1v) is 12.8. The Labute approximate surface area is 194 Å². The van der Waals surface area contributed by atoms with E-state index in [1.54, 1.807) is 0 Å². The molecule has 1 amide bonds. The van der Waals surface area contributed by atoms with Gasteiger partial charge < -0.3 is 10.2 Å². The van der Waals surface area contributed by atoms with Crippen LogP contribution in [-0.4, -0.2) is 51.4 Å². The summed E-state index contributed by atoms with van der Waals surface area (Å²) in [5, 5.41) is 2.79. The molecule has 0 bridgehead atoms. The van der Waals surface area contributed by atoms with Crippen LogP contribution in [0.4, 0.5) is 14.5 Å². The maximum Gasteiger partial charge on any atom is 0.264 e. The highest BCUT2D eigenvalue weighted by atomic mass is 32.2. The molecular formula is C24H31F2N3O3S. The Kier molecular flexibility index (Phi) is 8.80. The molecule has 3 rings (SSSR count). The fraction of sp³-hybridized carbons (Fsp3) is 0.458. The zero-order valence-corrected chi connectivity index (χ0v) is 19.7. The van der Waals surface area contributed by atoms with Crippen LogP contribution in [0.15, 0.2) is 53.4 Å². The Morgan fingerprint density at radius 1 is 1.06 bits per heavy atom. The zero-order valence-electron chi connectivity index (χ0n) is 18.8. The van der Waals surface area contributed by atoms with Gasteiger partial charge in [-0.15, -0.1) is 0 Å². The molecule has 1 N–H and O–H groups in total. The van der Waals surface area contributed by atoms with Crippen LogP contribution in [0.25, 0.3) is 0 Å². The monoisotopic (exact) mass is 479 g/mol. The predicted octanol–water partition coefficient (Wildman–Crippen LogP) is 3.93. The van der Waals surface area contributed by atoms with E-state index in [4.69, 9.17) is 0 Å². The SMILES string of the molecule is CCC1CCCCN1CCCNC(=O)CN(c1ccc(F)cc1)S(=O)(=O)c1ccc(F)cc1. The van der Waals surface area contributed by atoms with E-state index in [1.165, 1.54) is 31.4 Å². The first-order chi connectivity index (χ1) is 15.8. The van der Waals surface area contributed by atoms with Crippen molar-refractivity contribution in [1.82, 2.24) is 10.2 Å². The minimum Gasteiger partial charge on any atom is -0.354 e. The molecule has 1 saturated heterocycles. The molecule has 33 heavy (non-hydrogen) atoms. The summed E-state index contributed by atoms with van der Waals surface area (Å²) in [7, 11) is -4.16. The van der Waals surface area contributed by atoms with E-state index in [-0.39, 0.29) is 10.6 Å². The molecule has 2 aromatic rings. The zero-order chi connectivity index (χ0) is 23.8. The van der Waals surface area contributed by atoms with Crippen molar-refractivity contribution in [2.75, 3.05) is 30.5 Å².